The Morgan fingerprint density at radius 3 is 3.00 bits per heavy atom. The second kappa shape index (κ2) is 4.73. The molecule has 0 saturated carbocycles. The zero-order valence-electron chi connectivity index (χ0n) is 8.80. The fourth-order valence-electron chi connectivity index (χ4n) is 1.53. The van der Waals surface area contributed by atoms with Crippen LogP contribution in [0.1, 0.15) is 0 Å². The summed E-state index contributed by atoms with van der Waals surface area (Å²) in [6.45, 7) is -0.762. The minimum atomic E-state index is -0.640. The predicted octanol–water partition coefficient (Wildman–Crippen LogP) is 2.49. The van der Waals surface area contributed by atoms with Crippen molar-refractivity contribution in [2.75, 3.05) is 13.3 Å². The second-order valence-electron chi connectivity index (χ2n) is 3.31. The Hall–Kier alpha value is -2.24. The molecular weight excluding hydrogens is 227 g/mol. The molecule has 0 atom stereocenters. The van der Waals surface area contributed by atoms with Crippen LogP contribution in [0.25, 0.3) is 10.9 Å². The number of nitrogens with zero attached hydrogens (tertiary/aromatic N) is 2. The first kappa shape index (κ1) is 11.3. The van der Waals surface area contributed by atoms with E-state index < -0.39 is 11.6 Å². The van der Waals surface area contributed by atoms with Crippen molar-refractivity contribution in [2.45, 2.75) is 0 Å². The van der Waals surface area contributed by atoms with Gasteiger partial charge >= 0.3 is 0 Å². The van der Waals surface area contributed by atoms with Gasteiger partial charge in [-0.3, -0.25) is 10.1 Å². The summed E-state index contributed by atoms with van der Waals surface area (Å²) in [4.78, 5) is 14.3. The van der Waals surface area contributed by atoms with Crippen molar-refractivity contribution in [3.63, 3.8) is 0 Å². The van der Waals surface area contributed by atoms with Gasteiger partial charge in [0.25, 0.3) is 5.69 Å². The smallest absolute Gasteiger partial charge is 0.299 e. The highest BCUT2D eigenvalue weighted by molar-refractivity contribution is 5.88. The van der Waals surface area contributed by atoms with E-state index in [1.165, 1.54) is 12.3 Å². The molecule has 2 aromatic rings. The molecule has 0 N–H and O–H groups in total. The van der Waals surface area contributed by atoms with Crippen LogP contribution in [0.15, 0.2) is 30.5 Å². The zero-order chi connectivity index (χ0) is 12.3. The van der Waals surface area contributed by atoms with Crippen LogP contribution in [0.3, 0.4) is 0 Å². The highest BCUT2D eigenvalue weighted by Gasteiger charge is 2.15. The zero-order valence-corrected chi connectivity index (χ0v) is 8.80. The van der Waals surface area contributed by atoms with Gasteiger partial charge in [-0.2, -0.15) is 0 Å². The summed E-state index contributed by atoms with van der Waals surface area (Å²) >= 11 is 0. The largest absolute Gasteiger partial charge is 0.491 e. The molecule has 0 saturated heterocycles. The maximum Gasteiger partial charge on any atom is 0.299 e. The lowest BCUT2D eigenvalue weighted by Crippen LogP contribution is -2.00. The molecule has 0 radical (unpaired) electrons. The van der Waals surface area contributed by atoms with Gasteiger partial charge in [0.1, 0.15) is 24.5 Å². The van der Waals surface area contributed by atoms with Gasteiger partial charge in [-0.05, 0) is 12.1 Å². The lowest BCUT2D eigenvalue weighted by atomic mass is 10.2. The van der Waals surface area contributed by atoms with Crippen LogP contribution in [0.4, 0.5) is 10.1 Å². The summed E-state index contributed by atoms with van der Waals surface area (Å²) in [5.41, 5.74) is 0.155. The van der Waals surface area contributed by atoms with Crippen LogP contribution < -0.4 is 4.74 Å². The van der Waals surface area contributed by atoms with E-state index in [1.54, 1.807) is 18.2 Å². The first-order valence-electron chi connectivity index (χ1n) is 4.94. The molecular formula is C11H9FN2O3. The van der Waals surface area contributed by atoms with Gasteiger partial charge in [0.15, 0.2) is 0 Å². The van der Waals surface area contributed by atoms with Crippen LogP contribution >= 0.6 is 0 Å². The summed E-state index contributed by atoms with van der Waals surface area (Å²) in [5, 5.41) is 11.5. The number of non-ortho nitro benzene ring substituents is 1. The third-order valence-electron chi connectivity index (χ3n) is 2.20. The number of ether oxygens (including phenoxy) is 1. The average Bonchev–Trinajstić information content (AvgIpc) is 2.35. The molecule has 0 amide bonds. The Labute approximate surface area is 96.0 Å². The van der Waals surface area contributed by atoms with Crippen molar-refractivity contribution in [1.82, 2.24) is 4.98 Å². The van der Waals surface area contributed by atoms with E-state index in [1.807, 2.05) is 0 Å². The first-order valence-corrected chi connectivity index (χ1v) is 4.94. The Balaban J connectivity index is 2.55. The Bertz CT molecular complexity index is 559. The molecule has 0 aliphatic carbocycles. The average molecular weight is 236 g/mol. The number of pyridine rings is 1. The van der Waals surface area contributed by atoms with Crippen molar-refractivity contribution in [3.8, 4) is 5.75 Å². The lowest BCUT2D eigenvalue weighted by molar-refractivity contribution is -0.383. The van der Waals surface area contributed by atoms with Crippen LogP contribution in [-0.4, -0.2) is 23.2 Å². The molecule has 1 heterocycles. The third-order valence-corrected chi connectivity index (χ3v) is 2.20. The number of alkyl halides is 1. The fourth-order valence-corrected chi connectivity index (χ4v) is 1.53. The molecule has 0 bridgehead atoms. The standard InChI is InChI=1S/C11H9FN2O3/c12-3-5-17-9-6-8-2-1-4-13-11(8)10(7-9)14(15)16/h1-2,4,6-7H,3,5H2. The molecule has 5 nitrogen and oxygen atoms in total. The van der Waals surface area contributed by atoms with Crippen molar-refractivity contribution in [1.29, 1.82) is 0 Å². The highest BCUT2D eigenvalue weighted by atomic mass is 19.1. The predicted molar refractivity (Wildman–Crippen MR) is 59.9 cm³/mol. The second-order valence-corrected chi connectivity index (χ2v) is 3.31. The van der Waals surface area contributed by atoms with Crippen LogP contribution in [0.2, 0.25) is 0 Å². The highest BCUT2D eigenvalue weighted by Crippen LogP contribution is 2.29. The molecule has 0 aliphatic rings. The van der Waals surface area contributed by atoms with Crippen molar-refractivity contribution < 1.29 is 14.1 Å². The number of nitro groups is 1. The molecule has 2 rings (SSSR count). The Morgan fingerprint density at radius 1 is 1.47 bits per heavy atom. The lowest BCUT2D eigenvalue weighted by Gasteiger charge is -2.05. The minimum absolute atomic E-state index is 0.122. The normalized spacial score (nSPS) is 10.4. The van der Waals surface area contributed by atoms with Crippen molar-refractivity contribution in [2.24, 2.45) is 0 Å². The third kappa shape index (κ3) is 2.30. The number of aromatic nitrogens is 1. The minimum Gasteiger partial charge on any atom is -0.491 e. The maximum absolute atomic E-state index is 12.0. The van der Waals surface area contributed by atoms with Gasteiger partial charge in [-0.15, -0.1) is 0 Å². The van der Waals surface area contributed by atoms with E-state index in [0.29, 0.717) is 10.9 Å². The number of rotatable bonds is 4. The van der Waals surface area contributed by atoms with E-state index in [-0.39, 0.29) is 18.0 Å². The van der Waals surface area contributed by atoms with Crippen molar-refractivity contribution in [3.05, 3.63) is 40.6 Å². The van der Waals surface area contributed by atoms with Gasteiger partial charge in [0.2, 0.25) is 0 Å². The van der Waals surface area contributed by atoms with Gasteiger partial charge in [-0.1, -0.05) is 6.07 Å². The van der Waals surface area contributed by atoms with Crippen LogP contribution in [0.5, 0.6) is 5.75 Å². The summed E-state index contributed by atoms with van der Waals surface area (Å²) < 4.78 is 17.0. The number of nitro benzene ring substituents is 1. The summed E-state index contributed by atoms with van der Waals surface area (Å²) in [6, 6.07) is 6.22. The molecule has 1 aromatic heterocycles. The van der Waals surface area contributed by atoms with Gasteiger partial charge < -0.3 is 4.74 Å². The molecule has 0 aliphatic heterocycles. The fraction of sp³-hybridized carbons (Fsp3) is 0.182. The quantitative estimate of drug-likeness (QED) is 0.604. The Kier molecular flexibility index (Phi) is 3.13. The summed E-state index contributed by atoms with van der Waals surface area (Å²) in [6.07, 6.45) is 1.48. The monoisotopic (exact) mass is 236 g/mol. The number of fused-ring (bicyclic) bond motifs is 1. The van der Waals surface area contributed by atoms with E-state index in [0.717, 1.165) is 0 Å². The van der Waals surface area contributed by atoms with E-state index in [4.69, 9.17) is 4.74 Å². The van der Waals surface area contributed by atoms with E-state index in [2.05, 4.69) is 4.98 Å². The van der Waals surface area contributed by atoms with Gasteiger partial charge in [0.05, 0.1) is 11.0 Å². The maximum atomic E-state index is 12.0. The number of hydrogen-bond acceptors (Lipinski definition) is 4. The molecule has 88 valence electrons. The molecule has 0 fully saturated rings. The van der Waals surface area contributed by atoms with Crippen LogP contribution in [0, 0.1) is 10.1 Å². The number of halogens is 1. The van der Waals surface area contributed by atoms with Crippen LogP contribution in [-0.2, 0) is 0 Å². The molecule has 17 heavy (non-hydrogen) atoms. The summed E-state index contributed by atoms with van der Waals surface area (Å²) in [7, 11) is 0. The molecule has 0 spiro atoms. The Morgan fingerprint density at radius 2 is 2.29 bits per heavy atom. The van der Waals surface area contributed by atoms with Gasteiger partial charge in [0, 0.05) is 11.6 Å². The van der Waals surface area contributed by atoms with E-state index in [9.17, 15) is 14.5 Å². The van der Waals surface area contributed by atoms with Crippen molar-refractivity contribution >= 4 is 16.6 Å². The number of hydrogen-bond donors (Lipinski definition) is 0. The molecule has 0 unspecified atom stereocenters. The van der Waals surface area contributed by atoms with Gasteiger partial charge in [-0.25, -0.2) is 9.37 Å². The molecule has 6 heteroatoms. The molecule has 1 aromatic carbocycles. The topological polar surface area (TPSA) is 65.3 Å². The summed E-state index contributed by atoms with van der Waals surface area (Å²) in [5.74, 6) is 0.273. The SMILES string of the molecule is O=[N+]([O-])c1cc(OCCF)cc2cccnc12. The first-order chi connectivity index (χ1) is 8.22. The van der Waals surface area contributed by atoms with E-state index >= 15 is 0 Å². The number of benzene rings is 1.